The number of rotatable bonds is 7. The van der Waals surface area contributed by atoms with Gasteiger partial charge in [-0.15, -0.1) is 11.3 Å². The molecular formula is C19H17N3O3S2. The van der Waals surface area contributed by atoms with E-state index in [2.05, 4.69) is 15.6 Å². The predicted octanol–water partition coefficient (Wildman–Crippen LogP) is 3.73. The van der Waals surface area contributed by atoms with Crippen LogP contribution < -0.4 is 20.1 Å². The van der Waals surface area contributed by atoms with Crippen LogP contribution in [0.3, 0.4) is 0 Å². The molecule has 0 aliphatic rings. The molecule has 138 valence electrons. The van der Waals surface area contributed by atoms with E-state index >= 15 is 0 Å². The molecule has 0 unspecified atom stereocenters. The highest BCUT2D eigenvalue weighted by atomic mass is 32.1. The van der Waals surface area contributed by atoms with Crippen molar-refractivity contribution in [1.82, 2.24) is 10.3 Å². The van der Waals surface area contributed by atoms with Crippen LogP contribution in [0.5, 0.6) is 11.5 Å². The van der Waals surface area contributed by atoms with Crippen molar-refractivity contribution in [3.05, 3.63) is 71.7 Å². The highest BCUT2D eigenvalue weighted by Gasteiger charge is 2.09. The van der Waals surface area contributed by atoms with Gasteiger partial charge in [-0.05, 0) is 48.6 Å². The first-order chi connectivity index (χ1) is 13.2. The fourth-order valence-corrected chi connectivity index (χ4v) is 2.91. The van der Waals surface area contributed by atoms with Crippen molar-refractivity contribution in [2.75, 3.05) is 18.5 Å². The van der Waals surface area contributed by atoms with Crippen molar-refractivity contribution in [3.8, 4) is 11.5 Å². The van der Waals surface area contributed by atoms with Gasteiger partial charge in [-0.25, -0.2) is 4.98 Å². The second kappa shape index (κ2) is 9.65. The van der Waals surface area contributed by atoms with Crippen molar-refractivity contribution in [2.24, 2.45) is 0 Å². The lowest BCUT2D eigenvalue weighted by Crippen LogP contribution is -2.34. The second-order valence-corrected chi connectivity index (χ2v) is 6.58. The van der Waals surface area contributed by atoms with Gasteiger partial charge in [-0.2, -0.15) is 0 Å². The summed E-state index contributed by atoms with van der Waals surface area (Å²) in [5.41, 5.74) is 0.478. The van der Waals surface area contributed by atoms with E-state index in [1.807, 2.05) is 35.7 Å². The number of carbonyl (C=O) groups excluding carboxylic acids is 1. The Balaban J connectivity index is 1.42. The maximum Gasteiger partial charge on any atom is 0.257 e. The molecule has 2 aromatic carbocycles. The quantitative estimate of drug-likeness (QED) is 0.466. The summed E-state index contributed by atoms with van der Waals surface area (Å²) in [6, 6.07) is 16.4. The SMILES string of the molecule is O=C(NC(=S)Nc1nccs1)c1ccc(OCCOc2ccccc2)cc1. The third kappa shape index (κ3) is 6.05. The molecule has 0 aliphatic carbocycles. The van der Waals surface area contributed by atoms with Crippen molar-refractivity contribution >= 4 is 39.7 Å². The summed E-state index contributed by atoms with van der Waals surface area (Å²) >= 11 is 6.50. The van der Waals surface area contributed by atoms with Gasteiger partial charge in [-0.1, -0.05) is 18.2 Å². The molecule has 8 heteroatoms. The maximum absolute atomic E-state index is 12.2. The van der Waals surface area contributed by atoms with Crippen LogP contribution >= 0.6 is 23.6 Å². The Morgan fingerprint density at radius 2 is 1.67 bits per heavy atom. The van der Waals surface area contributed by atoms with E-state index in [-0.39, 0.29) is 11.0 Å². The normalized spacial score (nSPS) is 10.1. The topological polar surface area (TPSA) is 72.5 Å². The van der Waals surface area contributed by atoms with Crippen LogP contribution in [-0.4, -0.2) is 29.2 Å². The molecule has 1 heterocycles. The number of benzene rings is 2. The lowest BCUT2D eigenvalue weighted by Gasteiger charge is -2.10. The number of nitrogens with zero attached hydrogens (tertiary/aromatic N) is 1. The molecule has 0 saturated carbocycles. The largest absolute Gasteiger partial charge is 0.490 e. The number of aromatic nitrogens is 1. The maximum atomic E-state index is 12.2. The number of amides is 1. The Kier molecular flexibility index (Phi) is 6.72. The summed E-state index contributed by atoms with van der Waals surface area (Å²) in [5, 5.41) is 8.11. The van der Waals surface area contributed by atoms with E-state index in [9.17, 15) is 4.79 Å². The highest BCUT2D eigenvalue weighted by Crippen LogP contribution is 2.13. The fraction of sp³-hybridized carbons (Fsp3) is 0.105. The number of ether oxygens (including phenoxy) is 2. The van der Waals surface area contributed by atoms with Gasteiger partial charge in [0.05, 0.1) is 0 Å². The minimum atomic E-state index is -0.303. The van der Waals surface area contributed by atoms with Crippen molar-refractivity contribution in [3.63, 3.8) is 0 Å². The number of thiazole rings is 1. The number of carbonyl (C=O) groups is 1. The molecule has 1 aromatic heterocycles. The fourth-order valence-electron chi connectivity index (χ4n) is 2.13. The third-order valence-electron chi connectivity index (χ3n) is 3.36. The molecule has 3 aromatic rings. The van der Waals surface area contributed by atoms with Gasteiger partial charge in [0.15, 0.2) is 10.2 Å². The summed E-state index contributed by atoms with van der Waals surface area (Å²) in [6.07, 6.45) is 1.65. The lowest BCUT2D eigenvalue weighted by atomic mass is 10.2. The van der Waals surface area contributed by atoms with Gasteiger partial charge in [0.1, 0.15) is 24.7 Å². The minimum absolute atomic E-state index is 0.202. The van der Waals surface area contributed by atoms with Crippen LogP contribution in [0.4, 0.5) is 5.13 Å². The molecule has 0 fully saturated rings. The first-order valence-corrected chi connectivity index (χ1v) is 9.42. The molecular weight excluding hydrogens is 382 g/mol. The zero-order valence-corrected chi connectivity index (χ0v) is 15.9. The Morgan fingerprint density at radius 1 is 1.00 bits per heavy atom. The Morgan fingerprint density at radius 3 is 2.30 bits per heavy atom. The van der Waals surface area contributed by atoms with E-state index in [1.54, 1.807) is 30.5 Å². The summed E-state index contributed by atoms with van der Waals surface area (Å²) in [4.78, 5) is 16.2. The monoisotopic (exact) mass is 399 g/mol. The van der Waals surface area contributed by atoms with Gasteiger partial charge in [-0.3, -0.25) is 10.1 Å². The van der Waals surface area contributed by atoms with Crippen molar-refractivity contribution < 1.29 is 14.3 Å². The van der Waals surface area contributed by atoms with Gasteiger partial charge in [0, 0.05) is 17.1 Å². The molecule has 0 aliphatic heterocycles. The van der Waals surface area contributed by atoms with Crippen LogP contribution in [0.2, 0.25) is 0 Å². The first kappa shape index (κ1) is 18.8. The molecule has 0 radical (unpaired) electrons. The molecule has 2 N–H and O–H groups in total. The summed E-state index contributed by atoms with van der Waals surface area (Å²) in [7, 11) is 0. The van der Waals surface area contributed by atoms with Gasteiger partial charge < -0.3 is 14.8 Å². The average molecular weight is 399 g/mol. The minimum Gasteiger partial charge on any atom is -0.490 e. The number of hydrogen-bond donors (Lipinski definition) is 2. The molecule has 27 heavy (non-hydrogen) atoms. The van der Waals surface area contributed by atoms with Crippen molar-refractivity contribution in [2.45, 2.75) is 0 Å². The molecule has 0 atom stereocenters. The molecule has 1 amide bonds. The molecule has 0 saturated heterocycles. The van der Waals surface area contributed by atoms with Gasteiger partial charge >= 0.3 is 0 Å². The Labute approximate surface area is 166 Å². The van der Waals surface area contributed by atoms with Crippen LogP contribution in [0, 0.1) is 0 Å². The predicted molar refractivity (Wildman–Crippen MR) is 110 cm³/mol. The van der Waals surface area contributed by atoms with Crippen LogP contribution in [0.1, 0.15) is 10.4 Å². The standard InChI is InChI=1S/C19H17N3O3S2/c23-17(21-18(26)22-19-20-10-13-27-19)14-6-8-16(9-7-14)25-12-11-24-15-4-2-1-3-5-15/h1-10,13H,11-12H2,(H2,20,21,22,23,26). The number of anilines is 1. The average Bonchev–Trinajstić information content (AvgIpc) is 3.19. The van der Waals surface area contributed by atoms with Crippen molar-refractivity contribution in [1.29, 1.82) is 0 Å². The zero-order valence-electron chi connectivity index (χ0n) is 14.3. The molecule has 6 nitrogen and oxygen atoms in total. The molecule has 0 spiro atoms. The van der Waals surface area contributed by atoms with E-state index in [1.165, 1.54) is 11.3 Å². The summed E-state index contributed by atoms with van der Waals surface area (Å²) in [6.45, 7) is 0.838. The van der Waals surface area contributed by atoms with E-state index in [4.69, 9.17) is 21.7 Å². The highest BCUT2D eigenvalue weighted by molar-refractivity contribution is 7.80. The van der Waals surface area contributed by atoms with E-state index in [0.29, 0.717) is 29.7 Å². The zero-order chi connectivity index (χ0) is 18.9. The van der Waals surface area contributed by atoms with E-state index < -0.39 is 0 Å². The van der Waals surface area contributed by atoms with Gasteiger partial charge in [0.25, 0.3) is 5.91 Å². The van der Waals surface area contributed by atoms with Gasteiger partial charge in [0.2, 0.25) is 0 Å². The second-order valence-electron chi connectivity index (χ2n) is 5.28. The first-order valence-electron chi connectivity index (χ1n) is 8.13. The summed E-state index contributed by atoms with van der Waals surface area (Å²) < 4.78 is 11.2. The van der Waals surface area contributed by atoms with Crippen LogP contribution in [0.25, 0.3) is 0 Å². The van der Waals surface area contributed by atoms with Crippen LogP contribution in [-0.2, 0) is 0 Å². The number of para-hydroxylation sites is 1. The molecule has 3 rings (SSSR count). The number of hydrogen-bond acceptors (Lipinski definition) is 6. The third-order valence-corrected chi connectivity index (χ3v) is 4.25. The molecule has 0 bridgehead atoms. The Hall–Kier alpha value is -2.97. The lowest BCUT2D eigenvalue weighted by molar-refractivity contribution is 0.0977. The Bertz CT molecular complexity index is 869. The van der Waals surface area contributed by atoms with Crippen LogP contribution in [0.15, 0.2) is 66.2 Å². The summed E-state index contributed by atoms with van der Waals surface area (Å²) in [5.74, 6) is 1.16. The number of thiocarbonyl (C=S) groups is 1. The van der Waals surface area contributed by atoms with E-state index in [0.717, 1.165) is 5.75 Å². The number of nitrogens with one attached hydrogen (secondary N) is 2. The smallest absolute Gasteiger partial charge is 0.257 e.